The number of rotatable bonds is 7. The number of hydrogen-bond acceptors (Lipinski definition) is 5. The lowest BCUT2D eigenvalue weighted by molar-refractivity contribution is -0.119. The van der Waals surface area contributed by atoms with Gasteiger partial charge in [0.25, 0.3) is 5.56 Å². The quantitative estimate of drug-likeness (QED) is 0.539. The Morgan fingerprint density at radius 3 is 2.74 bits per heavy atom. The topological polar surface area (TPSA) is 64.0 Å². The van der Waals surface area contributed by atoms with Gasteiger partial charge in [-0.1, -0.05) is 37.9 Å². The maximum absolute atomic E-state index is 13.3. The maximum atomic E-state index is 13.3. The largest absolute Gasteiger partial charge is 0.353 e. The summed E-state index contributed by atoms with van der Waals surface area (Å²) in [5, 5.41) is 4.49. The number of thiophene rings is 1. The number of fused-ring (bicyclic) bond motifs is 1. The van der Waals surface area contributed by atoms with E-state index < -0.39 is 0 Å². The van der Waals surface area contributed by atoms with E-state index in [4.69, 9.17) is 4.98 Å². The Bertz CT molecular complexity index is 881. The highest BCUT2D eigenvalue weighted by Gasteiger charge is 2.25. The molecule has 2 aromatic rings. The minimum atomic E-state index is 0.00630. The van der Waals surface area contributed by atoms with Crippen LogP contribution >= 0.6 is 23.1 Å². The standard InChI is InChI=1S/C20H29N3O2S2/c1-5-8-12(2)21-16(24)11-26-20-22-18-17(13(3)14(4)27-18)19(25)23(20)15-9-6-7-10-15/h12,15H,5-11H2,1-4H3,(H,21,24). The minimum absolute atomic E-state index is 0.00630. The van der Waals surface area contributed by atoms with Crippen molar-refractivity contribution in [1.82, 2.24) is 14.9 Å². The monoisotopic (exact) mass is 407 g/mol. The summed E-state index contributed by atoms with van der Waals surface area (Å²) in [6.45, 7) is 8.19. The number of aromatic nitrogens is 2. The van der Waals surface area contributed by atoms with E-state index in [0.717, 1.165) is 59.2 Å². The second kappa shape index (κ2) is 8.78. The Hall–Kier alpha value is -1.34. The molecule has 1 fully saturated rings. The number of nitrogens with one attached hydrogen (secondary N) is 1. The van der Waals surface area contributed by atoms with Crippen LogP contribution in [-0.2, 0) is 4.79 Å². The highest BCUT2D eigenvalue weighted by atomic mass is 32.2. The maximum Gasteiger partial charge on any atom is 0.263 e. The molecule has 3 rings (SSSR count). The third kappa shape index (κ3) is 4.40. The van der Waals surface area contributed by atoms with Gasteiger partial charge in [-0.25, -0.2) is 4.98 Å². The highest BCUT2D eigenvalue weighted by Crippen LogP contribution is 2.34. The van der Waals surface area contributed by atoms with E-state index in [2.05, 4.69) is 12.2 Å². The molecule has 1 saturated carbocycles. The van der Waals surface area contributed by atoms with Crippen molar-refractivity contribution in [2.24, 2.45) is 0 Å². The zero-order valence-corrected chi connectivity index (χ0v) is 18.3. The normalized spacial score (nSPS) is 16.1. The third-order valence-electron chi connectivity index (χ3n) is 5.35. The molecule has 1 aliphatic rings. The summed E-state index contributed by atoms with van der Waals surface area (Å²) in [6.07, 6.45) is 6.35. The zero-order valence-electron chi connectivity index (χ0n) is 16.6. The molecule has 1 amide bonds. The van der Waals surface area contributed by atoms with Gasteiger partial charge in [0.05, 0.1) is 11.1 Å². The van der Waals surface area contributed by atoms with Gasteiger partial charge in [-0.3, -0.25) is 14.2 Å². The summed E-state index contributed by atoms with van der Waals surface area (Å²) < 4.78 is 1.88. The Kier molecular flexibility index (Phi) is 6.63. The number of thioether (sulfide) groups is 1. The average Bonchev–Trinajstić information content (AvgIpc) is 3.22. The number of carbonyl (C=O) groups is 1. The number of carbonyl (C=O) groups excluding carboxylic acids is 1. The fourth-order valence-corrected chi connectivity index (χ4v) is 5.77. The van der Waals surface area contributed by atoms with Gasteiger partial charge in [0.2, 0.25) is 5.91 Å². The van der Waals surface area contributed by atoms with E-state index in [9.17, 15) is 9.59 Å². The van der Waals surface area contributed by atoms with E-state index in [0.29, 0.717) is 10.9 Å². The predicted molar refractivity (Wildman–Crippen MR) is 114 cm³/mol. The van der Waals surface area contributed by atoms with Crippen molar-refractivity contribution in [3.05, 3.63) is 20.8 Å². The van der Waals surface area contributed by atoms with Crippen LogP contribution in [0.2, 0.25) is 0 Å². The van der Waals surface area contributed by atoms with Crippen molar-refractivity contribution >= 4 is 39.2 Å². The molecule has 2 aromatic heterocycles. The second-order valence-electron chi connectivity index (χ2n) is 7.52. The van der Waals surface area contributed by atoms with Crippen molar-refractivity contribution in [3.63, 3.8) is 0 Å². The molecule has 0 aromatic carbocycles. The van der Waals surface area contributed by atoms with Crippen LogP contribution in [0.4, 0.5) is 0 Å². The second-order valence-corrected chi connectivity index (χ2v) is 9.66. The van der Waals surface area contributed by atoms with E-state index in [1.807, 2.05) is 25.3 Å². The lowest BCUT2D eigenvalue weighted by Gasteiger charge is -2.18. The van der Waals surface area contributed by atoms with Gasteiger partial charge >= 0.3 is 0 Å². The molecule has 1 atom stereocenters. The molecular formula is C20H29N3O2S2. The zero-order chi connectivity index (χ0) is 19.6. The van der Waals surface area contributed by atoms with Crippen molar-refractivity contribution < 1.29 is 4.79 Å². The van der Waals surface area contributed by atoms with Gasteiger partial charge in [-0.05, 0) is 45.6 Å². The smallest absolute Gasteiger partial charge is 0.263 e. The van der Waals surface area contributed by atoms with Crippen LogP contribution in [0.1, 0.15) is 68.9 Å². The van der Waals surface area contributed by atoms with Crippen LogP contribution in [-0.4, -0.2) is 27.3 Å². The van der Waals surface area contributed by atoms with Crippen LogP contribution in [0.25, 0.3) is 10.2 Å². The first-order valence-corrected chi connectivity index (χ1v) is 11.7. The number of aryl methyl sites for hydroxylation is 2. The van der Waals surface area contributed by atoms with Crippen LogP contribution in [0.15, 0.2) is 9.95 Å². The molecule has 27 heavy (non-hydrogen) atoms. The summed E-state index contributed by atoms with van der Waals surface area (Å²) in [6, 6.07) is 0.386. The molecular weight excluding hydrogens is 378 g/mol. The molecule has 7 heteroatoms. The summed E-state index contributed by atoms with van der Waals surface area (Å²) in [5.41, 5.74) is 1.11. The highest BCUT2D eigenvalue weighted by molar-refractivity contribution is 7.99. The predicted octanol–water partition coefficient (Wildman–Crippen LogP) is 4.59. The minimum Gasteiger partial charge on any atom is -0.353 e. The van der Waals surface area contributed by atoms with Gasteiger partial charge in [0.1, 0.15) is 4.83 Å². The molecule has 2 heterocycles. The molecule has 148 valence electrons. The summed E-state index contributed by atoms with van der Waals surface area (Å²) in [7, 11) is 0. The number of nitrogens with zero attached hydrogens (tertiary/aromatic N) is 2. The van der Waals surface area contributed by atoms with Crippen molar-refractivity contribution in [2.75, 3.05) is 5.75 Å². The van der Waals surface area contributed by atoms with Crippen LogP contribution in [0.5, 0.6) is 0 Å². The summed E-state index contributed by atoms with van der Waals surface area (Å²) in [5.74, 6) is 0.300. The van der Waals surface area contributed by atoms with Gasteiger partial charge in [-0.15, -0.1) is 11.3 Å². The fraction of sp³-hybridized carbons (Fsp3) is 0.650. The van der Waals surface area contributed by atoms with Crippen LogP contribution in [0.3, 0.4) is 0 Å². The Labute approximate surface area is 169 Å². The van der Waals surface area contributed by atoms with E-state index in [1.54, 1.807) is 11.3 Å². The van der Waals surface area contributed by atoms with E-state index >= 15 is 0 Å². The molecule has 1 unspecified atom stereocenters. The average molecular weight is 408 g/mol. The van der Waals surface area contributed by atoms with Gasteiger partial charge in [0.15, 0.2) is 5.16 Å². The first-order valence-electron chi connectivity index (χ1n) is 9.86. The molecule has 0 aliphatic heterocycles. The summed E-state index contributed by atoms with van der Waals surface area (Å²) >= 11 is 2.96. The van der Waals surface area contributed by atoms with Gasteiger partial charge < -0.3 is 5.32 Å². The van der Waals surface area contributed by atoms with E-state index in [1.165, 1.54) is 11.8 Å². The fourth-order valence-electron chi connectivity index (χ4n) is 3.83. The molecule has 1 aliphatic carbocycles. The number of amides is 1. The Balaban J connectivity index is 1.90. The molecule has 0 saturated heterocycles. The summed E-state index contributed by atoms with van der Waals surface area (Å²) in [4.78, 5) is 32.3. The Morgan fingerprint density at radius 2 is 2.07 bits per heavy atom. The van der Waals surface area contributed by atoms with E-state index in [-0.39, 0.29) is 23.6 Å². The SMILES string of the molecule is CCCC(C)NC(=O)CSc1nc2sc(C)c(C)c2c(=O)n1C1CCCC1. The first-order chi connectivity index (χ1) is 12.9. The van der Waals surface area contributed by atoms with Crippen LogP contribution in [0, 0.1) is 13.8 Å². The van der Waals surface area contributed by atoms with Crippen LogP contribution < -0.4 is 10.9 Å². The van der Waals surface area contributed by atoms with Crippen molar-refractivity contribution in [3.8, 4) is 0 Å². The lowest BCUT2D eigenvalue weighted by Crippen LogP contribution is -2.34. The lowest BCUT2D eigenvalue weighted by atomic mass is 10.2. The Morgan fingerprint density at radius 1 is 1.37 bits per heavy atom. The van der Waals surface area contributed by atoms with Gasteiger partial charge in [0, 0.05) is 17.0 Å². The molecule has 0 bridgehead atoms. The van der Waals surface area contributed by atoms with Crippen molar-refractivity contribution in [1.29, 1.82) is 0 Å². The molecule has 0 radical (unpaired) electrons. The number of hydrogen-bond donors (Lipinski definition) is 1. The molecule has 0 spiro atoms. The third-order valence-corrected chi connectivity index (χ3v) is 7.41. The first kappa shape index (κ1) is 20.4. The molecule has 1 N–H and O–H groups in total. The van der Waals surface area contributed by atoms with Gasteiger partial charge in [-0.2, -0.15) is 0 Å². The molecule has 5 nitrogen and oxygen atoms in total. The van der Waals surface area contributed by atoms with Crippen molar-refractivity contribution in [2.45, 2.75) is 83.5 Å².